The van der Waals surface area contributed by atoms with Crippen molar-refractivity contribution in [2.75, 3.05) is 5.43 Å². The number of rotatable bonds is 5. The second-order valence-corrected chi connectivity index (χ2v) is 6.07. The third kappa shape index (κ3) is 3.95. The lowest BCUT2D eigenvalue weighted by Crippen LogP contribution is -1.96. The highest BCUT2D eigenvalue weighted by molar-refractivity contribution is 7.14. The Hall–Kier alpha value is -1.10. The van der Waals surface area contributed by atoms with E-state index in [1.807, 2.05) is 18.4 Å². The van der Waals surface area contributed by atoms with Crippen LogP contribution in [-0.4, -0.2) is 10.7 Å². The summed E-state index contributed by atoms with van der Waals surface area (Å²) < 4.78 is 0. The van der Waals surface area contributed by atoms with Crippen LogP contribution < -0.4 is 5.43 Å². The van der Waals surface area contributed by atoms with Crippen molar-refractivity contribution >= 4 is 45.4 Å². The quantitative estimate of drug-likeness (QED) is 0.564. The molecule has 0 aliphatic carbocycles. The molecule has 0 saturated carbocycles. The van der Waals surface area contributed by atoms with Gasteiger partial charge in [-0.25, -0.2) is 4.98 Å². The van der Waals surface area contributed by atoms with Crippen LogP contribution in [0.2, 0.25) is 10.0 Å². The van der Waals surface area contributed by atoms with Gasteiger partial charge in [-0.1, -0.05) is 36.5 Å². The number of nitrogens with one attached hydrogen (secondary N) is 1. The lowest BCUT2D eigenvalue weighted by atomic mass is 10.2. The number of hydrazone groups is 1. The van der Waals surface area contributed by atoms with Crippen LogP contribution >= 0.6 is 34.5 Å². The fourth-order valence-electron chi connectivity index (χ4n) is 1.71. The maximum Gasteiger partial charge on any atom is 0.203 e. The largest absolute Gasteiger partial charge is 0.253 e. The van der Waals surface area contributed by atoms with Crippen molar-refractivity contribution in [2.45, 2.75) is 26.7 Å². The lowest BCUT2D eigenvalue weighted by molar-refractivity contribution is 0.983. The zero-order valence-corrected chi connectivity index (χ0v) is 13.6. The number of thiazole rings is 1. The van der Waals surface area contributed by atoms with Gasteiger partial charge in [0.25, 0.3) is 0 Å². The standard InChI is InChI=1S/C14H15Cl2N3S/c1-3-4-9(2)18-19-14-17-13(8-20-14)11-6-5-10(15)7-12(11)16/h5-8H,3-4H2,1-2H3,(H,17,19)/b18-9+. The van der Waals surface area contributed by atoms with Gasteiger partial charge in [0.15, 0.2) is 0 Å². The van der Waals surface area contributed by atoms with Gasteiger partial charge in [-0.2, -0.15) is 5.10 Å². The summed E-state index contributed by atoms with van der Waals surface area (Å²) in [7, 11) is 0. The molecular formula is C14H15Cl2N3S. The topological polar surface area (TPSA) is 37.3 Å². The molecule has 0 fully saturated rings. The molecule has 0 aliphatic rings. The minimum Gasteiger partial charge on any atom is -0.253 e. The molecule has 0 atom stereocenters. The van der Waals surface area contributed by atoms with E-state index in [-0.39, 0.29) is 0 Å². The fourth-order valence-corrected chi connectivity index (χ4v) is 2.86. The smallest absolute Gasteiger partial charge is 0.203 e. The zero-order valence-electron chi connectivity index (χ0n) is 11.3. The van der Waals surface area contributed by atoms with Crippen molar-refractivity contribution < 1.29 is 0 Å². The lowest BCUT2D eigenvalue weighted by Gasteiger charge is -2.01. The number of benzene rings is 1. The molecule has 3 nitrogen and oxygen atoms in total. The Morgan fingerprint density at radius 2 is 2.20 bits per heavy atom. The first-order valence-corrected chi connectivity index (χ1v) is 7.94. The molecule has 0 unspecified atom stereocenters. The van der Waals surface area contributed by atoms with Crippen molar-refractivity contribution in [3.05, 3.63) is 33.6 Å². The van der Waals surface area contributed by atoms with Crippen LogP contribution in [0, 0.1) is 0 Å². The summed E-state index contributed by atoms with van der Waals surface area (Å²) in [4.78, 5) is 4.48. The molecule has 1 heterocycles. The van der Waals surface area contributed by atoms with E-state index >= 15 is 0 Å². The molecule has 0 saturated heterocycles. The monoisotopic (exact) mass is 327 g/mol. The Balaban J connectivity index is 2.14. The van der Waals surface area contributed by atoms with E-state index < -0.39 is 0 Å². The molecule has 0 amide bonds. The van der Waals surface area contributed by atoms with Gasteiger partial charge < -0.3 is 0 Å². The molecule has 0 aliphatic heterocycles. The van der Waals surface area contributed by atoms with E-state index in [0.717, 1.165) is 34.9 Å². The maximum absolute atomic E-state index is 6.17. The van der Waals surface area contributed by atoms with Crippen molar-refractivity contribution in [2.24, 2.45) is 5.10 Å². The first-order valence-electron chi connectivity index (χ1n) is 6.30. The van der Waals surface area contributed by atoms with Crippen LogP contribution in [0.15, 0.2) is 28.7 Å². The minimum atomic E-state index is 0.597. The van der Waals surface area contributed by atoms with Gasteiger partial charge in [-0.3, -0.25) is 5.43 Å². The van der Waals surface area contributed by atoms with Gasteiger partial charge >= 0.3 is 0 Å². The molecule has 2 aromatic rings. The number of anilines is 1. The minimum absolute atomic E-state index is 0.597. The number of nitrogens with zero attached hydrogens (tertiary/aromatic N) is 2. The molecule has 6 heteroatoms. The Morgan fingerprint density at radius 3 is 2.90 bits per heavy atom. The van der Waals surface area contributed by atoms with E-state index in [1.54, 1.807) is 12.1 Å². The van der Waals surface area contributed by atoms with E-state index in [1.165, 1.54) is 11.3 Å². The van der Waals surface area contributed by atoms with Crippen LogP contribution in [0.3, 0.4) is 0 Å². The second-order valence-electron chi connectivity index (χ2n) is 4.37. The highest BCUT2D eigenvalue weighted by Crippen LogP contribution is 2.32. The van der Waals surface area contributed by atoms with Crippen LogP contribution in [0.1, 0.15) is 26.7 Å². The summed E-state index contributed by atoms with van der Waals surface area (Å²) in [5.74, 6) is 0. The Kier molecular flexibility index (Phi) is 5.40. The third-order valence-corrected chi connectivity index (χ3v) is 3.96. The fraction of sp³-hybridized carbons (Fsp3) is 0.286. The Morgan fingerprint density at radius 1 is 1.40 bits per heavy atom. The van der Waals surface area contributed by atoms with Gasteiger partial charge in [0.05, 0.1) is 10.7 Å². The van der Waals surface area contributed by atoms with Gasteiger partial charge in [0, 0.05) is 21.7 Å². The number of hydrogen-bond acceptors (Lipinski definition) is 4. The van der Waals surface area contributed by atoms with Crippen molar-refractivity contribution in [1.29, 1.82) is 0 Å². The zero-order chi connectivity index (χ0) is 14.5. The number of halogens is 2. The molecular weight excluding hydrogens is 313 g/mol. The molecule has 1 aromatic heterocycles. The highest BCUT2D eigenvalue weighted by atomic mass is 35.5. The van der Waals surface area contributed by atoms with Gasteiger partial charge in [-0.15, -0.1) is 11.3 Å². The summed E-state index contributed by atoms with van der Waals surface area (Å²) in [6.07, 6.45) is 2.06. The summed E-state index contributed by atoms with van der Waals surface area (Å²) in [6, 6.07) is 5.39. The third-order valence-electron chi connectivity index (χ3n) is 2.67. The summed E-state index contributed by atoms with van der Waals surface area (Å²) in [6.45, 7) is 4.13. The summed E-state index contributed by atoms with van der Waals surface area (Å²) in [5, 5.41) is 8.20. The maximum atomic E-state index is 6.17. The Bertz CT molecular complexity index is 623. The molecule has 106 valence electrons. The first-order chi connectivity index (χ1) is 9.60. The summed E-state index contributed by atoms with van der Waals surface area (Å²) >= 11 is 13.6. The second kappa shape index (κ2) is 7.07. The molecule has 0 radical (unpaired) electrons. The van der Waals surface area contributed by atoms with E-state index in [2.05, 4.69) is 22.4 Å². The van der Waals surface area contributed by atoms with E-state index in [0.29, 0.717) is 10.0 Å². The molecule has 1 N–H and O–H groups in total. The van der Waals surface area contributed by atoms with Gasteiger partial charge in [-0.05, 0) is 31.5 Å². The Labute approximate surface area is 132 Å². The SMILES string of the molecule is CCC/C(C)=N/Nc1nc(-c2ccc(Cl)cc2Cl)cs1. The van der Waals surface area contributed by atoms with Gasteiger partial charge in [0.1, 0.15) is 0 Å². The molecule has 1 aromatic carbocycles. The van der Waals surface area contributed by atoms with E-state index in [9.17, 15) is 0 Å². The summed E-state index contributed by atoms with van der Waals surface area (Å²) in [5.41, 5.74) is 5.73. The number of hydrogen-bond donors (Lipinski definition) is 1. The predicted molar refractivity (Wildman–Crippen MR) is 89.2 cm³/mol. The van der Waals surface area contributed by atoms with Crippen molar-refractivity contribution in [3.63, 3.8) is 0 Å². The van der Waals surface area contributed by atoms with Crippen LogP contribution in [0.25, 0.3) is 11.3 Å². The van der Waals surface area contributed by atoms with Crippen LogP contribution in [0.4, 0.5) is 5.13 Å². The first kappa shape index (κ1) is 15.3. The molecule has 20 heavy (non-hydrogen) atoms. The van der Waals surface area contributed by atoms with Crippen LogP contribution in [-0.2, 0) is 0 Å². The highest BCUT2D eigenvalue weighted by Gasteiger charge is 2.08. The van der Waals surface area contributed by atoms with Crippen molar-refractivity contribution in [3.8, 4) is 11.3 Å². The van der Waals surface area contributed by atoms with Gasteiger partial charge in [0.2, 0.25) is 5.13 Å². The van der Waals surface area contributed by atoms with Crippen LogP contribution in [0.5, 0.6) is 0 Å². The molecule has 0 bridgehead atoms. The number of aromatic nitrogens is 1. The average molecular weight is 328 g/mol. The molecule has 0 spiro atoms. The average Bonchev–Trinajstić information content (AvgIpc) is 2.85. The predicted octanol–water partition coefficient (Wildman–Crippen LogP) is 5.70. The van der Waals surface area contributed by atoms with Crippen molar-refractivity contribution in [1.82, 2.24) is 4.98 Å². The van der Waals surface area contributed by atoms with E-state index in [4.69, 9.17) is 23.2 Å². The normalized spacial score (nSPS) is 11.7. The molecule has 2 rings (SSSR count).